The summed E-state index contributed by atoms with van der Waals surface area (Å²) in [5.74, 6) is -2.39. The van der Waals surface area contributed by atoms with Gasteiger partial charge in [-0.2, -0.15) is 0 Å². The van der Waals surface area contributed by atoms with Gasteiger partial charge in [-0.05, 0) is 173 Å². The maximum Gasteiger partial charge on any atom is 0.472 e. The SMILES string of the molecule is CC/C=C\C/C=C\C/C=C\C/C=C\C/C=C\CCCCCC(=O)OC[C@H](COP(=O)(O)OC[C@@H](O)COP(=O)(O)OC[C@@H](COC(=O)CCC/C=C\C/C=C\C/C=C\C/C=C\CCCCC)OC(=O)CCCCCCCCC/C=C\CCCCCC)OC(=O)CC/C=C\C/C=C\C/C=C\C/C=C\C/C=C\CCCCC. The molecule has 0 aliphatic carbocycles. The van der Waals surface area contributed by atoms with E-state index in [-0.39, 0.29) is 25.7 Å². The van der Waals surface area contributed by atoms with Gasteiger partial charge in [-0.1, -0.05) is 293 Å². The second-order valence-corrected chi connectivity index (χ2v) is 30.2. The van der Waals surface area contributed by atoms with E-state index in [0.29, 0.717) is 38.5 Å². The van der Waals surface area contributed by atoms with Gasteiger partial charge in [0.05, 0.1) is 26.4 Å². The molecule has 0 fully saturated rings. The highest BCUT2D eigenvalue weighted by molar-refractivity contribution is 7.47. The second-order valence-electron chi connectivity index (χ2n) is 27.3. The fraction of sp³-hybridized carbons (Fsp3) is 0.626. The zero-order chi connectivity index (χ0) is 80.3. The van der Waals surface area contributed by atoms with E-state index in [1.165, 1.54) is 64.2 Å². The molecule has 0 spiro atoms. The molecule has 5 atom stereocenters. The molecule has 0 aromatic heterocycles. The number of carbonyl (C=O) groups excluding carboxylic acids is 4. The Hall–Kier alpha value is -5.84. The maximum absolute atomic E-state index is 13.1. The summed E-state index contributed by atoms with van der Waals surface area (Å²) in [6, 6.07) is 0. The van der Waals surface area contributed by atoms with Crippen molar-refractivity contribution in [1.82, 2.24) is 0 Å². The highest BCUT2D eigenvalue weighted by Gasteiger charge is 2.30. The standard InChI is InChI=1S/C91H148O17P2/c1-5-9-13-17-21-25-29-33-37-40-42-45-49-52-56-60-64-68-72-76-89(94)102-82-87(108-91(96)78-74-70-66-62-58-54-50-46-43-41-38-34-30-26-22-18-14-10-6-2)84-106-110(99,100)104-80-85(92)79-103-109(97,98)105-83-86(107-90(95)77-73-69-65-61-57-53-47-36-32-28-24-20-16-12-8-4)81-101-88(93)75-71-67-63-59-55-51-48-44-39-35-31-27-23-19-15-11-7-3/h9,13,21-23,25-28,32-35,37-39,42-43,45-46,48,51-52,54,56,58-59,63,66,70,85-87,92H,5-8,10-12,14-20,24,29-31,36,40-41,44,47,49-50,53,55,57,60-62,64-65,67-69,71-84H2,1-4H3,(H,97,98)(H,99,100)/b13-9-,25-21-,26-22-,27-23-,32-28-,37-33-,38-34-,39-35-,45-42-,46-43-,51-48-,56-52-,58-54-,63-59-,70-66-/t85-,86+,87+/m0/s1. The summed E-state index contributed by atoms with van der Waals surface area (Å²) in [5, 5.41) is 10.7. The van der Waals surface area contributed by atoms with Gasteiger partial charge in [0.25, 0.3) is 0 Å². The van der Waals surface area contributed by atoms with Crippen molar-refractivity contribution in [1.29, 1.82) is 0 Å². The number of aliphatic hydroxyl groups excluding tert-OH is 1. The molecule has 0 rings (SSSR count). The monoisotopic (exact) mass is 1580 g/mol. The number of phosphoric ester groups is 2. The van der Waals surface area contributed by atoms with Crippen LogP contribution in [0, 0.1) is 0 Å². The van der Waals surface area contributed by atoms with Crippen LogP contribution in [0.3, 0.4) is 0 Å². The van der Waals surface area contributed by atoms with E-state index >= 15 is 0 Å². The van der Waals surface area contributed by atoms with Gasteiger partial charge in [0, 0.05) is 25.7 Å². The highest BCUT2D eigenvalue weighted by atomic mass is 31.2. The minimum atomic E-state index is -5.02. The molecule has 0 aliphatic rings. The summed E-state index contributed by atoms with van der Waals surface area (Å²) >= 11 is 0. The van der Waals surface area contributed by atoms with E-state index in [2.05, 4.69) is 180 Å². The number of hydrogen-bond acceptors (Lipinski definition) is 15. The lowest BCUT2D eigenvalue weighted by atomic mass is 10.1. The van der Waals surface area contributed by atoms with Gasteiger partial charge in [-0.15, -0.1) is 0 Å². The van der Waals surface area contributed by atoms with Gasteiger partial charge in [0.15, 0.2) is 12.2 Å². The van der Waals surface area contributed by atoms with Crippen molar-refractivity contribution in [2.75, 3.05) is 39.6 Å². The number of carbonyl (C=O) groups is 4. The largest absolute Gasteiger partial charge is 0.472 e. The second kappa shape index (κ2) is 81.2. The van der Waals surface area contributed by atoms with Crippen molar-refractivity contribution in [2.45, 2.75) is 329 Å². The van der Waals surface area contributed by atoms with Crippen LogP contribution in [-0.4, -0.2) is 96.7 Å². The molecule has 3 N–H and O–H groups in total. The molecule has 19 heteroatoms. The zero-order valence-corrected chi connectivity index (χ0v) is 70.1. The van der Waals surface area contributed by atoms with E-state index in [1.807, 2.05) is 30.4 Å². The van der Waals surface area contributed by atoms with Crippen LogP contribution < -0.4 is 0 Å². The summed E-state index contributed by atoms with van der Waals surface area (Å²) in [7, 11) is -10.0. The number of allylic oxidation sites excluding steroid dienone is 30. The summed E-state index contributed by atoms with van der Waals surface area (Å²) in [6.45, 7) is 4.50. The van der Waals surface area contributed by atoms with E-state index < -0.39 is 97.5 Å². The summed E-state index contributed by atoms with van der Waals surface area (Å²) < 4.78 is 68.6. The zero-order valence-electron chi connectivity index (χ0n) is 68.4. The van der Waals surface area contributed by atoms with Gasteiger partial charge in [0.1, 0.15) is 19.3 Å². The third kappa shape index (κ3) is 80.2. The smallest absolute Gasteiger partial charge is 0.462 e. The molecular weight excluding hydrogens is 1430 g/mol. The maximum atomic E-state index is 13.1. The van der Waals surface area contributed by atoms with E-state index in [4.69, 9.17) is 37.0 Å². The first-order valence-electron chi connectivity index (χ1n) is 42.0. The number of esters is 4. The third-order valence-electron chi connectivity index (χ3n) is 16.8. The number of hydrogen-bond donors (Lipinski definition) is 3. The predicted octanol–water partition coefficient (Wildman–Crippen LogP) is 25.1. The van der Waals surface area contributed by atoms with Crippen molar-refractivity contribution in [3.8, 4) is 0 Å². The first-order valence-corrected chi connectivity index (χ1v) is 45.0. The molecule has 0 radical (unpaired) electrons. The fourth-order valence-electron chi connectivity index (χ4n) is 10.5. The van der Waals surface area contributed by atoms with Gasteiger partial charge < -0.3 is 33.8 Å². The Kier molecular flexibility index (Phi) is 76.9. The Morgan fingerprint density at radius 1 is 0.264 bits per heavy atom. The molecule has 0 amide bonds. The van der Waals surface area contributed by atoms with Crippen LogP contribution in [0.25, 0.3) is 0 Å². The van der Waals surface area contributed by atoms with Crippen molar-refractivity contribution >= 4 is 39.5 Å². The highest BCUT2D eigenvalue weighted by Crippen LogP contribution is 2.45. The van der Waals surface area contributed by atoms with E-state index in [1.54, 1.807) is 0 Å². The van der Waals surface area contributed by atoms with Crippen molar-refractivity contribution in [3.05, 3.63) is 182 Å². The Morgan fingerprint density at radius 2 is 0.500 bits per heavy atom. The van der Waals surface area contributed by atoms with Crippen LogP contribution >= 0.6 is 15.6 Å². The molecular formula is C91H148O17P2. The summed E-state index contributed by atoms with van der Waals surface area (Å²) in [4.78, 5) is 73.2. The molecule has 0 aromatic rings. The van der Waals surface area contributed by atoms with Crippen LogP contribution in [0.1, 0.15) is 310 Å². The molecule has 0 saturated carbocycles. The minimum Gasteiger partial charge on any atom is -0.462 e. The first kappa shape index (κ1) is 104. The molecule has 110 heavy (non-hydrogen) atoms. The number of phosphoric acid groups is 2. The molecule has 0 bridgehead atoms. The first-order chi connectivity index (χ1) is 53.7. The predicted molar refractivity (Wildman–Crippen MR) is 454 cm³/mol. The molecule has 0 heterocycles. The Morgan fingerprint density at radius 3 is 0.855 bits per heavy atom. The molecule has 624 valence electrons. The van der Waals surface area contributed by atoms with Crippen molar-refractivity contribution in [3.63, 3.8) is 0 Å². The Labute approximate surface area is 666 Å². The lowest BCUT2D eigenvalue weighted by molar-refractivity contribution is -0.161. The van der Waals surface area contributed by atoms with E-state index in [0.717, 1.165) is 154 Å². The van der Waals surface area contributed by atoms with Crippen LogP contribution in [0.4, 0.5) is 0 Å². The fourth-order valence-corrected chi connectivity index (χ4v) is 12.0. The number of rotatable bonds is 77. The van der Waals surface area contributed by atoms with Gasteiger partial charge in [-0.3, -0.25) is 37.3 Å². The number of unbranched alkanes of at least 4 members (excludes halogenated alkanes) is 21. The average molecular weight is 1580 g/mol. The lowest BCUT2D eigenvalue weighted by Crippen LogP contribution is -2.30. The topological polar surface area (TPSA) is 237 Å². The number of aliphatic hydroxyl groups is 1. The normalized spacial score (nSPS) is 14.7. The molecule has 17 nitrogen and oxygen atoms in total. The molecule has 2 unspecified atom stereocenters. The van der Waals surface area contributed by atoms with Crippen molar-refractivity contribution < 1.29 is 80.2 Å². The van der Waals surface area contributed by atoms with Crippen LogP contribution in [-0.2, 0) is 65.4 Å². The van der Waals surface area contributed by atoms with Crippen LogP contribution in [0.5, 0.6) is 0 Å². The van der Waals surface area contributed by atoms with Gasteiger partial charge in [-0.25, -0.2) is 9.13 Å². The summed E-state index contributed by atoms with van der Waals surface area (Å²) in [6.07, 6.45) is 98.8. The lowest BCUT2D eigenvalue weighted by Gasteiger charge is -2.21. The number of ether oxygens (including phenoxy) is 4. The molecule has 0 aromatic carbocycles. The average Bonchev–Trinajstić information content (AvgIpc) is 0.900. The van der Waals surface area contributed by atoms with Crippen LogP contribution in [0.15, 0.2) is 182 Å². The van der Waals surface area contributed by atoms with Crippen molar-refractivity contribution in [2.24, 2.45) is 0 Å². The molecule has 0 aliphatic heterocycles. The van der Waals surface area contributed by atoms with Gasteiger partial charge in [0.2, 0.25) is 0 Å². The quantitative estimate of drug-likeness (QED) is 0.0169. The Bertz CT molecular complexity index is 2800. The van der Waals surface area contributed by atoms with Crippen LogP contribution in [0.2, 0.25) is 0 Å². The van der Waals surface area contributed by atoms with Gasteiger partial charge >= 0.3 is 39.5 Å². The third-order valence-corrected chi connectivity index (χ3v) is 18.7. The molecule has 0 saturated heterocycles. The van der Waals surface area contributed by atoms with E-state index in [9.17, 15) is 43.2 Å². The summed E-state index contributed by atoms with van der Waals surface area (Å²) in [5.41, 5.74) is 0. The minimum absolute atomic E-state index is 0.0444. The Balaban J connectivity index is 5.55.